The normalized spacial score (nSPS) is 25.7. The first kappa shape index (κ1) is 10.9. The maximum Gasteiger partial charge on any atom is 0.242 e. The van der Waals surface area contributed by atoms with E-state index in [0.29, 0.717) is 6.04 Å². The Bertz CT molecular complexity index is 240. The number of amides is 1. The molecule has 0 spiro atoms. The second-order valence-electron chi connectivity index (χ2n) is 5.22. The fourth-order valence-corrected chi connectivity index (χ4v) is 2.51. The van der Waals surface area contributed by atoms with E-state index in [1.807, 2.05) is 11.9 Å². The second-order valence-corrected chi connectivity index (χ2v) is 5.22. The van der Waals surface area contributed by atoms with Crippen molar-refractivity contribution in [1.29, 1.82) is 0 Å². The van der Waals surface area contributed by atoms with Gasteiger partial charge in [-0.25, -0.2) is 0 Å². The van der Waals surface area contributed by atoms with Crippen LogP contribution in [0.25, 0.3) is 0 Å². The molecule has 0 aromatic carbocycles. The molecule has 0 bridgehead atoms. The third-order valence-corrected chi connectivity index (χ3v) is 3.91. The number of rotatable bonds is 2. The van der Waals surface area contributed by atoms with E-state index in [-0.39, 0.29) is 5.91 Å². The Labute approximate surface area is 92.0 Å². The lowest BCUT2D eigenvalue weighted by Gasteiger charge is -2.29. The Kier molecular flexibility index (Phi) is 3.01. The van der Waals surface area contributed by atoms with Crippen LogP contribution < -0.4 is 5.73 Å². The summed E-state index contributed by atoms with van der Waals surface area (Å²) in [5, 5.41) is 0. The quantitative estimate of drug-likeness (QED) is 0.705. The van der Waals surface area contributed by atoms with Gasteiger partial charge in [-0.15, -0.1) is 0 Å². The van der Waals surface area contributed by atoms with Gasteiger partial charge in [-0.1, -0.05) is 25.7 Å². The van der Waals surface area contributed by atoms with Crippen LogP contribution in [-0.4, -0.2) is 29.4 Å². The van der Waals surface area contributed by atoms with Gasteiger partial charge in [0.2, 0.25) is 5.91 Å². The summed E-state index contributed by atoms with van der Waals surface area (Å²) in [6.45, 7) is 0. The SMILES string of the molecule is CN(C(=O)C1(N)CC1)C1CCCCCC1. The maximum absolute atomic E-state index is 12.0. The van der Waals surface area contributed by atoms with Gasteiger partial charge in [0.05, 0.1) is 5.54 Å². The van der Waals surface area contributed by atoms with Gasteiger partial charge in [-0.3, -0.25) is 4.79 Å². The minimum Gasteiger partial charge on any atom is -0.341 e. The second kappa shape index (κ2) is 4.12. The van der Waals surface area contributed by atoms with Crippen LogP contribution in [0.1, 0.15) is 51.4 Å². The molecule has 0 aromatic heterocycles. The molecule has 2 rings (SSSR count). The molecule has 0 aromatic rings. The molecule has 1 amide bonds. The average Bonchev–Trinajstić information content (AvgIpc) is 3.00. The van der Waals surface area contributed by atoms with E-state index in [2.05, 4.69) is 0 Å². The molecule has 3 heteroatoms. The van der Waals surface area contributed by atoms with Crippen molar-refractivity contribution < 1.29 is 4.79 Å². The van der Waals surface area contributed by atoms with Crippen LogP contribution in [0.3, 0.4) is 0 Å². The molecular formula is C12H22N2O. The van der Waals surface area contributed by atoms with Crippen LogP contribution >= 0.6 is 0 Å². The van der Waals surface area contributed by atoms with Crippen molar-refractivity contribution >= 4 is 5.91 Å². The van der Waals surface area contributed by atoms with Crippen LogP contribution in [0.5, 0.6) is 0 Å². The molecule has 2 aliphatic rings. The van der Waals surface area contributed by atoms with E-state index < -0.39 is 5.54 Å². The standard InChI is InChI=1S/C12H22N2O/c1-14(11(15)12(13)8-9-12)10-6-4-2-3-5-7-10/h10H,2-9,13H2,1H3. The van der Waals surface area contributed by atoms with Gasteiger partial charge in [0.15, 0.2) is 0 Å². The summed E-state index contributed by atoms with van der Waals surface area (Å²) >= 11 is 0. The number of carbonyl (C=O) groups is 1. The van der Waals surface area contributed by atoms with Gasteiger partial charge in [0.25, 0.3) is 0 Å². The highest BCUT2D eigenvalue weighted by Crippen LogP contribution is 2.35. The van der Waals surface area contributed by atoms with Crippen molar-refractivity contribution in [3.63, 3.8) is 0 Å². The minimum atomic E-state index is -0.485. The van der Waals surface area contributed by atoms with Crippen molar-refractivity contribution in [2.24, 2.45) is 5.73 Å². The molecule has 0 unspecified atom stereocenters. The molecule has 3 nitrogen and oxygen atoms in total. The molecular weight excluding hydrogens is 188 g/mol. The van der Waals surface area contributed by atoms with Gasteiger partial charge in [-0.2, -0.15) is 0 Å². The van der Waals surface area contributed by atoms with Gasteiger partial charge in [-0.05, 0) is 25.7 Å². The topological polar surface area (TPSA) is 46.3 Å². The van der Waals surface area contributed by atoms with E-state index in [1.54, 1.807) is 0 Å². The van der Waals surface area contributed by atoms with Gasteiger partial charge in [0.1, 0.15) is 0 Å². The molecule has 2 fully saturated rings. The number of hydrogen-bond acceptors (Lipinski definition) is 2. The van der Waals surface area contributed by atoms with Crippen molar-refractivity contribution in [2.75, 3.05) is 7.05 Å². The lowest BCUT2D eigenvalue weighted by Crippen LogP contribution is -2.48. The number of likely N-dealkylation sites (N-methyl/N-ethyl adjacent to an activating group) is 1. The lowest BCUT2D eigenvalue weighted by molar-refractivity contribution is -0.134. The Hall–Kier alpha value is -0.570. The fourth-order valence-electron chi connectivity index (χ4n) is 2.51. The summed E-state index contributed by atoms with van der Waals surface area (Å²) in [5.74, 6) is 0.175. The van der Waals surface area contributed by atoms with Crippen LogP contribution in [0.4, 0.5) is 0 Å². The highest BCUT2D eigenvalue weighted by Gasteiger charge is 2.48. The van der Waals surface area contributed by atoms with Crippen LogP contribution in [-0.2, 0) is 4.79 Å². The first-order valence-electron chi connectivity index (χ1n) is 6.20. The summed E-state index contributed by atoms with van der Waals surface area (Å²) in [6.07, 6.45) is 9.26. The highest BCUT2D eigenvalue weighted by molar-refractivity contribution is 5.89. The number of nitrogens with zero attached hydrogens (tertiary/aromatic N) is 1. The predicted octanol–water partition coefficient (Wildman–Crippen LogP) is 1.66. The molecule has 0 atom stereocenters. The number of hydrogen-bond donors (Lipinski definition) is 1. The zero-order valence-electron chi connectivity index (χ0n) is 9.67. The first-order chi connectivity index (χ1) is 7.13. The van der Waals surface area contributed by atoms with E-state index in [4.69, 9.17) is 5.73 Å². The Balaban J connectivity index is 1.93. The smallest absolute Gasteiger partial charge is 0.242 e. The van der Waals surface area contributed by atoms with Crippen LogP contribution in [0.15, 0.2) is 0 Å². The summed E-state index contributed by atoms with van der Waals surface area (Å²) < 4.78 is 0. The largest absolute Gasteiger partial charge is 0.341 e. The van der Waals surface area contributed by atoms with Crippen molar-refractivity contribution in [3.05, 3.63) is 0 Å². The van der Waals surface area contributed by atoms with Crippen molar-refractivity contribution in [1.82, 2.24) is 4.90 Å². The molecule has 0 saturated heterocycles. The third kappa shape index (κ3) is 2.33. The summed E-state index contributed by atoms with van der Waals surface area (Å²) in [5.41, 5.74) is 5.46. The zero-order valence-corrected chi connectivity index (χ0v) is 9.67. The van der Waals surface area contributed by atoms with E-state index in [9.17, 15) is 4.79 Å². The minimum absolute atomic E-state index is 0.175. The van der Waals surface area contributed by atoms with E-state index in [1.165, 1.54) is 38.5 Å². The van der Waals surface area contributed by atoms with Gasteiger partial charge >= 0.3 is 0 Å². The summed E-state index contributed by atoms with van der Waals surface area (Å²) in [4.78, 5) is 14.0. The highest BCUT2D eigenvalue weighted by atomic mass is 16.2. The molecule has 0 heterocycles. The van der Waals surface area contributed by atoms with E-state index >= 15 is 0 Å². The van der Waals surface area contributed by atoms with Crippen molar-refractivity contribution in [2.45, 2.75) is 62.9 Å². The summed E-state index contributed by atoms with van der Waals surface area (Å²) in [6, 6.07) is 0.445. The summed E-state index contributed by atoms with van der Waals surface area (Å²) in [7, 11) is 1.94. The predicted molar refractivity (Wildman–Crippen MR) is 60.4 cm³/mol. The lowest BCUT2D eigenvalue weighted by atomic mass is 10.1. The molecule has 15 heavy (non-hydrogen) atoms. The molecule has 2 N–H and O–H groups in total. The number of nitrogens with two attached hydrogens (primary N) is 1. The Morgan fingerprint density at radius 1 is 1.20 bits per heavy atom. The Morgan fingerprint density at radius 3 is 2.20 bits per heavy atom. The number of carbonyl (C=O) groups excluding carboxylic acids is 1. The van der Waals surface area contributed by atoms with Gasteiger partial charge in [0, 0.05) is 13.1 Å². The molecule has 0 radical (unpaired) electrons. The van der Waals surface area contributed by atoms with Crippen LogP contribution in [0.2, 0.25) is 0 Å². The molecule has 86 valence electrons. The molecule has 2 saturated carbocycles. The van der Waals surface area contributed by atoms with E-state index in [0.717, 1.165) is 12.8 Å². The molecule has 0 aliphatic heterocycles. The maximum atomic E-state index is 12.0. The Morgan fingerprint density at radius 2 is 1.73 bits per heavy atom. The van der Waals surface area contributed by atoms with Gasteiger partial charge < -0.3 is 10.6 Å². The first-order valence-corrected chi connectivity index (χ1v) is 6.20. The van der Waals surface area contributed by atoms with Crippen LogP contribution in [0, 0.1) is 0 Å². The third-order valence-electron chi connectivity index (χ3n) is 3.91. The monoisotopic (exact) mass is 210 g/mol. The zero-order chi connectivity index (χ0) is 10.9. The van der Waals surface area contributed by atoms with Crippen molar-refractivity contribution in [3.8, 4) is 0 Å². The fraction of sp³-hybridized carbons (Fsp3) is 0.917. The average molecular weight is 210 g/mol. The molecule has 2 aliphatic carbocycles.